The fourth-order valence-electron chi connectivity index (χ4n) is 3.50. The number of hydrogen-bond acceptors (Lipinski definition) is 5. The molecule has 4 atom stereocenters. The molecule has 5 nitrogen and oxygen atoms in total. The highest BCUT2D eigenvalue weighted by Crippen LogP contribution is 2.35. The second kappa shape index (κ2) is 8.10. The predicted molar refractivity (Wildman–Crippen MR) is 99.2 cm³/mol. The molecule has 1 aliphatic heterocycles. The first-order valence-corrected chi connectivity index (χ1v) is 9.44. The lowest BCUT2D eigenvalue weighted by molar-refractivity contribution is 0.0544. The molecule has 6 heteroatoms. The first-order valence-electron chi connectivity index (χ1n) is 9.44. The molecule has 4 unspecified atom stereocenters. The molecule has 1 aromatic carbocycles. The summed E-state index contributed by atoms with van der Waals surface area (Å²) in [6.45, 7) is 3.12. The zero-order chi connectivity index (χ0) is 17.9. The van der Waals surface area contributed by atoms with Gasteiger partial charge in [0.25, 0.3) is 0 Å². The topological polar surface area (TPSA) is 74.1 Å². The Bertz CT molecular complexity index is 528. The number of aryl methyl sites for hydroxylation is 1. The van der Waals surface area contributed by atoms with E-state index in [4.69, 9.17) is 5.73 Å². The SMILES string of the molecule is CC(C)(F)C1NC(N)NC(NC(CCCc2ccccc2)C2CC2)N1. The van der Waals surface area contributed by atoms with Gasteiger partial charge in [0.1, 0.15) is 18.2 Å². The molecule has 1 saturated heterocycles. The van der Waals surface area contributed by atoms with Gasteiger partial charge in [0.2, 0.25) is 0 Å². The van der Waals surface area contributed by atoms with Crippen molar-refractivity contribution in [1.29, 1.82) is 0 Å². The largest absolute Gasteiger partial charge is 0.303 e. The first-order chi connectivity index (χ1) is 11.9. The Morgan fingerprint density at radius 3 is 2.56 bits per heavy atom. The number of nitrogens with two attached hydrogens (primary N) is 1. The number of hydrogen-bond donors (Lipinski definition) is 5. The highest BCUT2D eigenvalue weighted by atomic mass is 19.1. The summed E-state index contributed by atoms with van der Waals surface area (Å²) < 4.78 is 14.3. The van der Waals surface area contributed by atoms with E-state index in [9.17, 15) is 4.39 Å². The van der Waals surface area contributed by atoms with Gasteiger partial charge in [-0.25, -0.2) is 4.39 Å². The van der Waals surface area contributed by atoms with Crippen LogP contribution in [-0.2, 0) is 6.42 Å². The Labute approximate surface area is 150 Å². The fraction of sp³-hybridized carbons (Fsp3) is 0.684. The summed E-state index contributed by atoms with van der Waals surface area (Å²) in [4.78, 5) is 0. The lowest BCUT2D eigenvalue weighted by Crippen LogP contribution is -2.77. The quantitative estimate of drug-likeness (QED) is 0.495. The van der Waals surface area contributed by atoms with E-state index in [1.165, 1.54) is 18.4 Å². The van der Waals surface area contributed by atoms with Crippen molar-refractivity contribution in [2.75, 3.05) is 0 Å². The minimum atomic E-state index is -1.39. The van der Waals surface area contributed by atoms with Crippen molar-refractivity contribution in [3.63, 3.8) is 0 Å². The van der Waals surface area contributed by atoms with Crippen LogP contribution in [0.1, 0.15) is 45.1 Å². The average molecular weight is 349 g/mol. The number of halogens is 1. The van der Waals surface area contributed by atoms with Crippen molar-refractivity contribution in [2.45, 2.75) is 76.4 Å². The van der Waals surface area contributed by atoms with Crippen LogP contribution in [0.15, 0.2) is 30.3 Å². The molecule has 140 valence electrons. The molecule has 1 heterocycles. The molecule has 0 amide bonds. The Morgan fingerprint density at radius 1 is 1.20 bits per heavy atom. The summed E-state index contributed by atoms with van der Waals surface area (Å²) in [6.07, 6.45) is 4.82. The van der Waals surface area contributed by atoms with Crippen LogP contribution in [0.2, 0.25) is 0 Å². The van der Waals surface area contributed by atoms with Crippen LogP contribution in [0, 0.1) is 5.92 Å². The van der Waals surface area contributed by atoms with Gasteiger partial charge in [-0.3, -0.25) is 21.3 Å². The predicted octanol–water partition coefficient (Wildman–Crippen LogP) is 1.76. The Balaban J connectivity index is 1.51. The van der Waals surface area contributed by atoms with Crippen molar-refractivity contribution in [1.82, 2.24) is 21.3 Å². The lowest BCUT2D eigenvalue weighted by atomic mass is 10.0. The van der Waals surface area contributed by atoms with Gasteiger partial charge in [-0.15, -0.1) is 0 Å². The van der Waals surface area contributed by atoms with Crippen LogP contribution >= 0.6 is 0 Å². The molecule has 0 aromatic heterocycles. The van der Waals surface area contributed by atoms with Gasteiger partial charge in [-0.05, 0) is 57.4 Å². The molecule has 2 aliphatic rings. The molecule has 6 N–H and O–H groups in total. The molecular formula is C19H32FN5. The maximum absolute atomic E-state index is 14.3. The van der Waals surface area contributed by atoms with Crippen LogP contribution in [0.25, 0.3) is 0 Å². The number of rotatable bonds is 8. The molecule has 2 fully saturated rings. The maximum atomic E-state index is 14.3. The second-order valence-corrected chi connectivity index (χ2v) is 7.90. The Kier molecular flexibility index (Phi) is 6.07. The molecule has 1 aromatic rings. The summed E-state index contributed by atoms with van der Waals surface area (Å²) >= 11 is 0. The van der Waals surface area contributed by atoms with E-state index >= 15 is 0 Å². The molecule has 0 spiro atoms. The van der Waals surface area contributed by atoms with E-state index in [0.717, 1.165) is 25.2 Å². The third-order valence-electron chi connectivity index (χ3n) is 5.11. The van der Waals surface area contributed by atoms with E-state index in [2.05, 4.69) is 51.6 Å². The van der Waals surface area contributed by atoms with Gasteiger partial charge in [0.15, 0.2) is 0 Å². The van der Waals surface area contributed by atoms with Crippen LogP contribution in [0.3, 0.4) is 0 Å². The van der Waals surface area contributed by atoms with E-state index in [-0.39, 0.29) is 6.29 Å². The van der Waals surface area contributed by atoms with Crippen LogP contribution < -0.4 is 27.0 Å². The maximum Gasteiger partial charge on any atom is 0.133 e. The van der Waals surface area contributed by atoms with E-state index < -0.39 is 18.1 Å². The lowest BCUT2D eigenvalue weighted by Gasteiger charge is -2.42. The summed E-state index contributed by atoms with van der Waals surface area (Å²) in [5.74, 6) is 0.724. The summed E-state index contributed by atoms with van der Waals surface area (Å²) in [7, 11) is 0. The fourth-order valence-corrected chi connectivity index (χ4v) is 3.50. The van der Waals surface area contributed by atoms with Gasteiger partial charge in [-0.2, -0.15) is 0 Å². The number of benzene rings is 1. The molecule has 0 bridgehead atoms. The normalized spacial score (nSPS) is 28.7. The number of nitrogens with one attached hydrogen (secondary N) is 4. The smallest absolute Gasteiger partial charge is 0.133 e. The van der Waals surface area contributed by atoms with Gasteiger partial charge < -0.3 is 5.73 Å². The van der Waals surface area contributed by atoms with Crippen LogP contribution in [0.4, 0.5) is 4.39 Å². The Hall–Kier alpha value is -1.05. The van der Waals surface area contributed by atoms with Crippen molar-refractivity contribution in [3.8, 4) is 0 Å². The first kappa shape index (κ1) is 18.7. The summed E-state index contributed by atoms with van der Waals surface area (Å²) in [5.41, 5.74) is 5.99. The molecule has 3 rings (SSSR count). The van der Waals surface area contributed by atoms with Crippen LogP contribution in [0.5, 0.6) is 0 Å². The van der Waals surface area contributed by atoms with Crippen LogP contribution in [-0.4, -0.2) is 30.5 Å². The monoisotopic (exact) mass is 349 g/mol. The van der Waals surface area contributed by atoms with Crippen molar-refractivity contribution < 1.29 is 4.39 Å². The molecule has 25 heavy (non-hydrogen) atoms. The average Bonchev–Trinajstić information content (AvgIpc) is 3.38. The second-order valence-electron chi connectivity index (χ2n) is 7.90. The molecule has 1 saturated carbocycles. The van der Waals surface area contributed by atoms with Crippen molar-refractivity contribution in [3.05, 3.63) is 35.9 Å². The highest BCUT2D eigenvalue weighted by Gasteiger charge is 2.38. The standard InChI is InChI=1S/C19H32FN5/c1-19(2,20)16-23-17(21)25-18(24-16)22-15(14-11-12-14)10-6-9-13-7-4-3-5-8-13/h3-5,7-8,14-18,22-25H,6,9-12,21H2,1-2H3. The minimum Gasteiger partial charge on any atom is -0.303 e. The summed E-state index contributed by atoms with van der Waals surface area (Å²) in [6, 6.07) is 11.0. The Morgan fingerprint density at radius 2 is 1.92 bits per heavy atom. The van der Waals surface area contributed by atoms with Crippen molar-refractivity contribution in [2.24, 2.45) is 11.7 Å². The van der Waals surface area contributed by atoms with Gasteiger partial charge in [0.05, 0.1) is 6.17 Å². The van der Waals surface area contributed by atoms with E-state index in [1.54, 1.807) is 13.8 Å². The van der Waals surface area contributed by atoms with E-state index in [0.29, 0.717) is 6.04 Å². The van der Waals surface area contributed by atoms with Crippen molar-refractivity contribution >= 4 is 0 Å². The van der Waals surface area contributed by atoms with Gasteiger partial charge >= 0.3 is 0 Å². The zero-order valence-electron chi connectivity index (χ0n) is 15.3. The minimum absolute atomic E-state index is 0.182. The molecule has 0 radical (unpaired) electrons. The molecular weight excluding hydrogens is 317 g/mol. The third-order valence-corrected chi connectivity index (χ3v) is 5.11. The zero-order valence-corrected chi connectivity index (χ0v) is 15.3. The highest BCUT2D eigenvalue weighted by molar-refractivity contribution is 5.14. The van der Waals surface area contributed by atoms with Gasteiger partial charge in [0, 0.05) is 6.04 Å². The number of alkyl halides is 1. The third kappa shape index (κ3) is 5.72. The summed E-state index contributed by atoms with van der Waals surface area (Å²) in [5, 5.41) is 13.1. The van der Waals surface area contributed by atoms with E-state index in [1.807, 2.05) is 0 Å². The van der Waals surface area contributed by atoms with Gasteiger partial charge in [-0.1, -0.05) is 30.3 Å². The molecule has 1 aliphatic carbocycles.